The lowest BCUT2D eigenvalue weighted by atomic mass is 10.0. The smallest absolute Gasteiger partial charge is 0.161 e. The first kappa shape index (κ1) is 16.3. The van der Waals surface area contributed by atoms with E-state index in [0.717, 1.165) is 50.7 Å². The van der Waals surface area contributed by atoms with Crippen molar-refractivity contribution in [3.63, 3.8) is 0 Å². The van der Waals surface area contributed by atoms with Crippen molar-refractivity contribution in [2.45, 2.75) is 39.0 Å². The number of rotatable bonds is 7. The Morgan fingerprint density at radius 1 is 1.52 bits per heavy atom. The summed E-state index contributed by atoms with van der Waals surface area (Å²) in [5.74, 6) is 0.835. The van der Waals surface area contributed by atoms with Gasteiger partial charge in [-0.2, -0.15) is 5.10 Å². The molecule has 0 aliphatic carbocycles. The molecule has 2 unspecified atom stereocenters. The zero-order valence-electron chi connectivity index (χ0n) is 13.6. The molecule has 1 aliphatic rings. The minimum atomic E-state index is 0.102. The lowest BCUT2D eigenvalue weighted by Gasteiger charge is -2.36. The van der Waals surface area contributed by atoms with E-state index in [-0.39, 0.29) is 12.1 Å². The van der Waals surface area contributed by atoms with E-state index < -0.39 is 0 Å². The molecule has 2 atom stereocenters. The second-order valence-corrected chi connectivity index (χ2v) is 5.52. The molecule has 0 amide bonds. The Labute approximate surface area is 127 Å². The number of nitrogens with one attached hydrogen (secondary N) is 1. The van der Waals surface area contributed by atoms with Gasteiger partial charge < -0.3 is 19.7 Å². The second-order valence-electron chi connectivity index (χ2n) is 5.52. The molecular formula is C15H28N4O2. The van der Waals surface area contributed by atoms with E-state index in [1.807, 2.05) is 4.68 Å². The molecule has 2 rings (SSSR count). The van der Waals surface area contributed by atoms with E-state index >= 15 is 0 Å². The lowest BCUT2D eigenvalue weighted by Crippen LogP contribution is -2.47. The van der Waals surface area contributed by atoms with Gasteiger partial charge in [0.1, 0.15) is 0 Å². The minimum Gasteiger partial charge on any atom is -0.493 e. The van der Waals surface area contributed by atoms with Crippen LogP contribution < -0.4 is 10.1 Å². The largest absolute Gasteiger partial charge is 0.493 e. The topological polar surface area (TPSA) is 51.5 Å². The maximum Gasteiger partial charge on any atom is 0.161 e. The number of aromatic nitrogens is 2. The van der Waals surface area contributed by atoms with E-state index in [0.29, 0.717) is 0 Å². The third kappa shape index (κ3) is 3.75. The van der Waals surface area contributed by atoms with Crippen molar-refractivity contribution < 1.29 is 9.47 Å². The summed E-state index contributed by atoms with van der Waals surface area (Å²) in [6, 6.07) is 0.102. The molecular weight excluding hydrogens is 268 g/mol. The van der Waals surface area contributed by atoms with Gasteiger partial charge in [-0.15, -0.1) is 0 Å². The molecule has 1 fully saturated rings. The van der Waals surface area contributed by atoms with Crippen LogP contribution in [-0.4, -0.2) is 61.2 Å². The fourth-order valence-corrected chi connectivity index (χ4v) is 2.82. The molecule has 21 heavy (non-hydrogen) atoms. The maximum atomic E-state index is 6.03. The fraction of sp³-hybridized carbons (Fsp3) is 0.800. The third-order valence-electron chi connectivity index (χ3n) is 3.94. The Bertz CT molecular complexity index is 414. The zero-order valence-corrected chi connectivity index (χ0v) is 13.6. The van der Waals surface area contributed by atoms with E-state index in [9.17, 15) is 0 Å². The Morgan fingerprint density at radius 2 is 2.33 bits per heavy atom. The highest BCUT2D eigenvalue weighted by atomic mass is 16.5. The number of methoxy groups -OCH3 is 1. The molecule has 0 saturated carbocycles. The fourth-order valence-electron chi connectivity index (χ4n) is 2.82. The van der Waals surface area contributed by atoms with Gasteiger partial charge in [0.15, 0.2) is 5.75 Å². The molecule has 0 spiro atoms. The molecule has 1 N–H and O–H groups in total. The van der Waals surface area contributed by atoms with Gasteiger partial charge in [0.2, 0.25) is 0 Å². The average Bonchev–Trinajstić information content (AvgIpc) is 2.91. The number of aryl methyl sites for hydroxylation is 1. The van der Waals surface area contributed by atoms with Gasteiger partial charge in [0, 0.05) is 19.6 Å². The summed E-state index contributed by atoms with van der Waals surface area (Å²) in [7, 11) is 3.84. The molecule has 1 aromatic rings. The molecule has 1 aliphatic heterocycles. The van der Waals surface area contributed by atoms with Crippen LogP contribution in [0.25, 0.3) is 0 Å². The Hall–Kier alpha value is -1.11. The van der Waals surface area contributed by atoms with Crippen LogP contribution in [0.4, 0.5) is 0 Å². The van der Waals surface area contributed by atoms with Crippen LogP contribution in [-0.2, 0) is 11.3 Å². The van der Waals surface area contributed by atoms with Gasteiger partial charge in [0.05, 0.1) is 37.8 Å². The average molecular weight is 296 g/mol. The molecule has 0 aromatic carbocycles. The molecule has 2 heterocycles. The first-order chi connectivity index (χ1) is 10.2. The summed E-state index contributed by atoms with van der Waals surface area (Å²) < 4.78 is 13.5. The third-order valence-corrected chi connectivity index (χ3v) is 3.94. The second kappa shape index (κ2) is 7.77. The number of hydrogen-bond donors (Lipinski definition) is 1. The summed E-state index contributed by atoms with van der Waals surface area (Å²) in [5, 5.41) is 8.05. The van der Waals surface area contributed by atoms with E-state index in [1.165, 1.54) is 0 Å². The summed E-state index contributed by atoms with van der Waals surface area (Å²) in [5.41, 5.74) is 1.09. The Balaban J connectivity index is 2.28. The van der Waals surface area contributed by atoms with Gasteiger partial charge in [-0.25, -0.2) is 0 Å². The highest BCUT2D eigenvalue weighted by molar-refractivity contribution is 5.29. The molecule has 120 valence electrons. The predicted molar refractivity (Wildman–Crippen MR) is 82.7 cm³/mol. The SMILES string of the molecule is CCCNC(c1c(OC)cnn1CC)C1CN(C)CCO1. The minimum absolute atomic E-state index is 0.102. The van der Waals surface area contributed by atoms with Gasteiger partial charge in [-0.3, -0.25) is 4.68 Å². The highest BCUT2D eigenvalue weighted by Gasteiger charge is 2.32. The van der Waals surface area contributed by atoms with E-state index in [1.54, 1.807) is 13.3 Å². The normalized spacial score (nSPS) is 21.4. The van der Waals surface area contributed by atoms with Gasteiger partial charge in [-0.1, -0.05) is 6.92 Å². The molecule has 1 aromatic heterocycles. The first-order valence-corrected chi connectivity index (χ1v) is 7.84. The van der Waals surface area contributed by atoms with Crippen molar-refractivity contribution >= 4 is 0 Å². The van der Waals surface area contributed by atoms with E-state index in [4.69, 9.17) is 9.47 Å². The quantitative estimate of drug-likeness (QED) is 0.821. The molecule has 6 nitrogen and oxygen atoms in total. The summed E-state index contributed by atoms with van der Waals surface area (Å²) in [6.45, 7) is 8.72. The number of morpholine rings is 1. The molecule has 0 radical (unpaired) electrons. The van der Waals surface area contributed by atoms with Crippen molar-refractivity contribution in [1.82, 2.24) is 20.0 Å². The molecule has 1 saturated heterocycles. The van der Waals surface area contributed by atoms with E-state index in [2.05, 4.69) is 36.2 Å². The van der Waals surface area contributed by atoms with Crippen LogP contribution in [0.2, 0.25) is 0 Å². The number of hydrogen-bond acceptors (Lipinski definition) is 5. The van der Waals surface area contributed by atoms with Crippen LogP contribution in [0.5, 0.6) is 5.75 Å². The van der Waals surface area contributed by atoms with Crippen molar-refractivity contribution in [1.29, 1.82) is 0 Å². The summed E-state index contributed by atoms with van der Waals surface area (Å²) in [6.07, 6.45) is 3.00. The lowest BCUT2D eigenvalue weighted by molar-refractivity contribution is -0.0409. The van der Waals surface area contributed by atoms with Crippen molar-refractivity contribution in [3.8, 4) is 5.75 Å². The summed E-state index contributed by atoms with van der Waals surface area (Å²) >= 11 is 0. The van der Waals surface area contributed by atoms with Crippen LogP contribution in [0, 0.1) is 0 Å². The standard InChI is InChI=1S/C15H28N4O2/c1-5-7-16-14(13-11-18(3)8-9-21-13)15-12(20-4)10-17-19(15)6-2/h10,13-14,16H,5-9,11H2,1-4H3. The number of ether oxygens (including phenoxy) is 2. The van der Waals surface area contributed by atoms with Crippen LogP contribution in [0.15, 0.2) is 6.20 Å². The zero-order chi connectivity index (χ0) is 15.2. The van der Waals surface area contributed by atoms with Gasteiger partial charge in [-0.05, 0) is 26.9 Å². The van der Waals surface area contributed by atoms with Crippen LogP contribution in [0.1, 0.15) is 32.0 Å². The van der Waals surface area contributed by atoms with Crippen molar-refractivity contribution in [3.05, 3.63) is 11.9 Å². The van der Waals surface area contributed by atoms with Crippen LogP contribution >= 0.6 is 0 Å². The maximum absolute atomic E-state index is 6.03. The van der Waals surface area contributed by atoms with Crippen LogP contribution in [0.3, 0.4) is 0 Å². The Kier molecular flexibility index (Phi) is 6.02. The monoisotopic (exact) mass is 296 g/mol. The highest BCUT2D eigenvalue weighted by Crippen LogP contribution is 2.30. The first-order valence-electron chi connectivity index (χ1n) is 7.84. The van der Waals surface area contributed by atoms with Gasteiger partial charge >= 0.3 is 0 Å². The predicted octanol–water partition coefficient (Wildman–Crippen LogP) is 1.28. The van der Waals surface area contributed by atoms with Crippen molar-refractivity contribution in [2.75, 3.05) is 40.4 Å². The molecule has 6 heteroatoms. The Morgan fingerprint density at radius 3 is 2.95 bits per heavy atom. The number of likely N-dealkylation sites (N-methyl/N-ethyl adjacent to an activating group) is 1. The number of nitrogens with zero attached hydrogens (tertiary/aromatic N) is 3. The summed E-state index contributed by atoms with van der Waals surface area (Å²) in [4.78, 5) is 2.31. The van der Waals surface area contributed by atoms with Gasteiger partial charge in [0.25, 0.3) is 0 Å². The molecule has 0 bridgehead atoms. The van der Waals surface area contributed by atoms with Crippen molar-refractivity contribution in [2.24, 2.45) is 0 Å².